The molecular weight excluding hydrogens is 228 g/mol. The Morgan fingerprint density at radius 2 is 2.50 bits per heavy atom. The van der Waals surface area contributed by atoms with Gasteiger partial charge < -0.3 is 14.6 Å². The molecule has 5 heteroatoms. The van der Waals surface area contributed by atoms with Gasteiger partial charge in [-0.1, -0.05) is 0 Å². The van der Waals surface area contributed by atoms with E-state index in [4.69, 9.17) is 14.6 Å². The molecule has 0 radical (unpaired) electrons. The maximum atomic E-state index is 10.7. The monoisotopic (exact) mass is 242 g/mol. The Labute approximate surface area is 97.8 Å². The second kappa shape index (κ2) is 5.43. The molecule has 1 saturated heterocycles. The van der Waals surface area contributed by atoms with Gasteiger partial charge in [0.2, 0.25) is 0 Å². The number of carbonyl (C=O) groups is 1. The van der Waals surface area contributed by atoms with Crippen LogP contribution in [-0.2, 0) is 16.1 Å². The summed E-state index contributed by atoms with van der Waals surface area (Å²) in [6.07, 6.45) is 1.06. The molecule has 4 nitrogen and oxygen atoms in total. The fourth-order valence-electron chi connectivity index (χ4n) is 1.61. The molecule has 88 valence electrons. The first-order valence-corrected chi connectivity index (χ1v) is 6.05. The van der Waals surface area contributed by atoms with Crippen LogP contribution in [0.15, 0.2) is 12.1 Å². The lowest BCUT2D eigenvalue weighted by Gasteiger charge is -2.07. The summed E-state index contributed by atoms with van der Waals surface area (Å²) < 4.78 is 10.8. The highest BCUT2D eigenvalue weighted by Gasteiger charge is 2.15. The van der Waals surface area contributed by atoms with Gasteiger partial charge >= 0.3 is 5.97 Å². The van der Waals surface area contributed by atoms with Gasteiger partial charge in [-0.25, -0.2) is 4.79 Å². The van der Waals surface area contributed by atoms with E-state index in [0.717, 1.165) is 24.5 Å². The minimum Gasteiger partial charge on any atom is -0.477 e. The van der Waals surface area contributed by atoms with Crippen LogP contribution in [0.3, 0.4) is 0 Å². The van der Waals surface area contributed by atoms with E-state index < -0.39 is 5.97 Å². The standard InChI is InChI=1S/C11H14O4S/c12-11(13)10-2-1-9(16-10)7-15-6-8-3-4-14-5-8/h1-2,8H,3-7H2,(H,12,13). The Bertz CT molecular complexity index is 355. The van der Waals surface area contributed by atoms with Crippen molar-refractivity contribution in [3.05, 3.63) is 21.9 Å². The summed E-state index contributed by atoms with van der Waals surface area (Å²) in [5.74, 6) is -0.376. The average molecular weight is 242 g/mol. The van der Waals surface area contributed by atoms with Crippen LogP contribution in [0.2, 0.25) is 0 Å². The van der Waals surface area contributed by atoms with E-state index in [-0.39, 0.29) is 0 Å². The predicted molar refractivity (Wildman–Crippen MR) is 59.9 cm³/mol. The zero-order valence-corrected chi connectivity index (χ0v) is 9.66. The van der Waals surface area contributed by atoms with E-state index in [1.165, 1.54) is 11.3 Å². The van der Waals surface area contributed by atoms with Crippen molar-refractivity contribution >= 4 is 17.3 Å². The van der Waals surface area contributed by atoms with Crippen molar-refractivity contribution in [1.82, 2.24) is 0 Å². The highest BCUT2D eigenvalue weighted by molar-refractivity contribution is 7.13. The zero-order chi connectivity index (χ0) is 11.4. The van der Waals surface area contributed by atoms with Crippen molar-refractivity contribution in [3.63, 3.8) is 0 Å². The molecule has 2 heterocycles. The molecule has 2 rings (SSSR count). The number of carboxylic acids is 1. The molecule has 0 aliphatic carbocycles. The summed E-state index contributed by atoms with van der Waals surface area (Å²) in [6, 6.07) is 3.42. The lowest BCUT2D eigenvalue weighted by Crippen LogP contribution is -2.08. The van der Waals surface area contributed by atoms with Crippen LogP contribution in [0.1, 0.15) is 21.0 Å². The third-order valence-corrected chi connectivity index (χ3v) is 3.54. The molecule has 1 aliphatic heterocycles. The van der Waals surface area contributed by atoms with Crippen molar-refractivity contribution in [2.45, 2.75) is 13.0 Å². The lowest BCUT2D eigenvalue weighted by molar-refractivity contribution is 0.0702. The summed E-state index contributed by atoms with van der Waals surface area (Å²) in [7, 11) is 0. The number of rotatable bonds is 5. The van der Waals surface area contributed by atoms with E-state index >= 15 is 0 Å². The molecule has 1 N–H and O–H groups in total. The van der Waals surface area contributed by atoms with Gasteiger partial charge in [0.1, 0.15) is 4.88 Å². The molecule has 1 aromatic rings. The van der Waals surface area contributed by atoms with Gasteiger partial charge in [0, 0.05) is 17.4 Å². The topological polar surface area (TPSA) is 55.8 Å². The Hall–Kier alpha value is -0.910. The maximum Gasteiger partial charge on any atom is 0.345 e. The fourth-order valence-corrected chi connectivity index (χ4v) is 2.40. The van der Waals surface area contributed by atoms with Gasteiger partial charge in [-0.2, -0.15) is 0 Å². The van der Waals surface area contributed by atoms with Crippen LogP contribution in [0, 0.1) is 5.92 Å². The Morgan fingerprint density at radius 3 is 3.12 bits per heavy atom. The highest BCUT2D eigenvalue weighted by atomic mass is 32.1. The van der Waals surface area contributed by atoms with Crippen molar-refractivity contribution in [2.75, 3.05) is 19.8 Å². The van der Waals surface area contributed by atoms with E-state index in [0.29, 0.717) is 24.0 Å². The van der Waals surface area contributed by atoms with E-state index in [1.54, 1.807) is 12.1 Å². The molecule has 1 aromatic heterocycles. The van der Waals surface area contributed by atoms with E-state index in [2.05, 4.69) is 0 Å². The van der Waals surface area contributed by atoms with Crippen LogP contribution in [0.25, 0.3) is 0 Å². The Balaban J connectivity index is 1.74. The third-order valence-electron chi connectivity index (χ3n) is 2.49. The van der Waals surface area contributed by atoms with E-state index in [9.17, 15) is 4.79 Å². The first kappa shape index (κ1) is 11.6. The van der Waals surface area contributed by atoms with Gasteiger partial charge in [-0.15, -0.1) is 11.3 Å². The second-order valence-corrected chi connectivity index (χ2v) is 4.98. The average Bonchev–Trinajstić information content (AvgIpc) is 2.87. The van der Waals surface area contributed by atoms with Gasteiger partial charge in [0.05, 0.1) is 19.8 Å². The number of ether oxygens (including phenoxy) is 2. The SMILES string of the molecule is O=C(O)c1ccc(COCC2CCOC2)s1. The predicted octanol–water partition coefficient (Wildman–Crippen LogP) is 2.00. The molecule has 16 heavy (non-hydrogen) atoms. The fraction of sp³-hybridized carbons (Fsp3) is 0.545. The van der Waals surface area contributed by atoms with Crippen molar-refractivity contribution < 1.29 is 19.4 Å². The highest BCUT2D eigenvalue weighted by Crippen LogP contribution is 2.18. The van der Waals surface area contributed by atoms with Gasteiger partial charge in [-0.05, 0) is 18.6 Å². The minimum absolute atomic E-state index is 0.364. The molecular formula is C11H14O4S. The van der Waals surface area contributed by atoms with E-state index in [1.807, 2.05) is 0 Å². The van der Waals surface area contributed by atoms with Crippen molar-refractivity contribution in [2.24, 2.45) is 5.92 Å². The first-order valence-electron chi connectivity index (χ1n) is 5.23. The zero-order valence-electron chi connectivity index (χ0n) is 8.85. The third kappa shape index (κ3) is 3.04. The minimum atomic E-state index is -0.875. The second-order valence-electron chi connectivity index (χ2n) is 3.82. The Kier molecular flexibility index (Phi) is 3.93. The molecule has 1 unspecified atom stereocenters. The molecule has 1 atom stereocenters. The molecule has 0 amide bonds. The summed E-state index contributed by atoms with van der Waals surface area (Å²) in [5, 5.41) is 8.75. The smallest absolute Gasteiger partial charge is 0.345 e. The number of hydrogen-bond donors (Lipinski definition) is 1. The van der Waals surface area contributed by atoms with Gasteiger partial charge in [0.15, 0.2) is 0 Å². The maximum absolute atomic E-state index is 10.7. The lowest BCUT2D eigenvalue weighted by atomic mass is 10.1. The van der Waals surface area contributed by atoms with Crippen LogP contribution in [0.5, 0.6) is 0 Å². The number of thiophene rings is 1. The Morgan fingerprint density at radius 1 is 1.62 bits per heavy atom. The molecule has 0 bridgehead atoms. The van der Waals surface area contributed by atoms with Crippen LogP contribution >= 0.6 is 11.3 Å². The van der Waals surface area contributed by atoms with Gasteiger partial charge in [-0.3, -0.25) is 0 Å². The molecule has 0 spiro atoms. The summed E-state index contributed by atoms with van der Waals surface area (Å²) in [4.78, 5) is 12.0. The van der Waals surface area contributed by atoms with Crippen LogP contribution in [-0.4, -0.2) is 30.9 Å². The molecule has 0 aromatic carbocycles. The van der Waals surface area contributed by atoms with Crippen LogP contribution in [0.4, 0.5) is 0 Å². The summed E-state index contributed by atoms with van der Waals surface area (Å²) >= 11 is 1.27. The normalized spacial score (nSPS) is 20.1. The molecule has 1 fully saturated rings. The van der Waals surface area contributed by atoms with Crippen molar-refractivity contribution in [1.29, 1.82) is 0 Å². The van der Waals surface area contributed by atoms with Crippen molar-refractivity contribution in [3.8, 4) is 0 Å². The number of carboxylic acid groups (broad SMARTS) is 1. The molecule has 0 saturated carbocycles. The molecule has 1 aliphatic rings. The van der Waals surface area contributed by atoms with Crippen LogP contribution < -0.4 is 0 Å². The summed E-state index contributed by atoms with van der Waals surface area (Å²) in [5.41, 5.74) is 0. The number of hydrogen-bond acceptors (Lipinski definition) is 4. The number of aromatic carboxylic acids is 1. The quantitative estimate of drug-likeness (QED) is 0.858. The van der Waals surface area contributed by atoms with Gasteiger partial charge in [0.25, 0.3) is 0 Å². The first-order chi connectivity index (χ1) is 7.75. The largest absolute Gasteiger partial charge is 0.477 e. The summed E-state index contributed by atoms with van der Waals surface area (Å²) in [6.45, 7) is 2.80.